The summed E-state index contributed by atoms with van der Waals surface area (Å²) in [5.41, 5.74) is 1.81. The van der Waals surface area contributed by atoms with Crippen molar-refractivity contribution in [3.8, 4) is 23.2 Å². The first-order chi connectivity index (χ1) is 17.7. The standard InChI is InChI=1S/C28H33N5O4/c1-17(34)26-30-11-12-33(26)24(16-31-27(35)36-28(2,3)4)23-13-25(37-32-23)19-8-5-18(6-9-19)7-10-20-21-14-29-15-22(20)21/h5-6,8-9,11-13,17,20-22,24,29,34H,14-16H2,1-4H3,(H,31,35)/t17-,20?,21-,22+,24+/m0/s1. The summed E-state index contributed by atoms with van der Waals surface area (Å²) in [6.07, 6.45) is 2.01. The summed E-state index contributed by atoms with van der Waals surface area (Å²) in [6.45, 7) is 9.40. The second-order valence-electron chi connectivity index (χ2n) is 10.7. The van der Waals surface area contributed by atoms with E-state index in [4.69, 9.17) is 9.26 Å². The molecule has 5 rings (SSSR count). The van der Waals surface area contributed by atoms with E-state index >= 15 is 0 Å². The van der Waals surface area contributed by atoms with Crippen LogP contribution in [0.5, 0.6) is 0 Å². The van der Waals surface area contributed by atoms with Gasteiger partial charge in [-0.3, -0.25) is 0 Å². The Labute approximate surface area is 216 Å². The molecule has 5 atom stereocenters. The summed E-state index contributed by atoms with van der Waals surface area (Å²) in [4.78, 5) is 16.6. The van der Waals surface area contributed by atoms with Gasteiger partial charge in [0.2, 0.25) is 0 Å². The summed E-state index contributed by atoms with van der Waals surface area (Å²) in [7, 11) is 0. The first kappa shape index (κ1) is 25.1. The number of amides is 1. The number of carbonyl (C=O) groups excluding carboxylic acids is 1. The lowest BCUT2D eigenvalue weighted by molar-refractivity contribution is 0.0521. The number of aromatic nitrogens is 3. The van der Waals surface area contributed by atoms with Gasteiger partial charge in [0.05, 0.1) is 6.04 Å². The highest BCUT2D eigenvalue weighted by molar-refractivity contribution is 5.67. The van der Waals surface area contributed by atoms with Crippen molar-refractivity contribution in [2.45, 2.75) is 45.4 Å². The Morgan fingerprint density at radius 1 is 1.30 bits per heavy atom. The van der Waals surface area contributed by atoms with E-state index in [0.717, 1.165) is 36.1 Å². The summed E-state index contributed by atoms with van der Waals surface area (Å²) in [5, 5.41) is 20.7. The highest BCUT2D eigenvalue weighted by atomic mass is 16.6. The number of benzene rings is 1. The van der Waals surface area contributed by atoms with Crippen LogP contribution in [-0.2, 0) is 4.74 Å². The fraction of sp³-hybridized carbons (Fsp3) is 0.464. The molecule has 2 fully saturated rings. The molecule has 1 saturated heterocycles. The Balaban J connectivity index is 1.33. The SMILES string of the molecule is C[C@H](O)c1nccn1[C@H](CNC(=O)OC(C)(C)C)c1cc(-c2ccc(C#CC3[C@H]4CNC[C@@H]34)cc2)on1. The third-order valence-corrected chi connectivity index (χ3v) is 6.76. The van der Waals surface area contributed by atoms with Crippen LogP contribution in [0.2, 0.25) is 0 Å². The highest BCUT2D eigenvalue weighted by Crippen LogP contribution is 2.48. The Morgan fingerprint density at radius 3 is 2.70 bits per heavy atom. The van der Waals surface area contributed by atoms with Gasteiger partial charge in [-0.2, -0.15) is 0 Å². The normalized spacial score (nSPS) is 21.9. The molecule has 3 N–H and O–H groups in total. The number of nitrogens with zero attached hydrogens (tertiary/aromatic N) is 3. The molecule has 0 radical (unpaired) electrons. The van der Waals surface area contributed by atoms with Crippen LogP contribution in [0.3, 0.4) is 0 Å². The third kappa shape index (κ3) is 5.71. The van der Waals surface area contributed by atoms with Crippen LogP contribution in [0.4, 0.5) is 4.79 Å². The molecule has 194 valence electrons. The topological polar surface area (TPSA) is 114 Å². The second kappa shape index (κ2) is 10.0. The Hall–Kier alpha value is -3.61. The number of imidazole rings is 1. The van der Waals surface area contributed by atoms with E-state index < -0.39 is 23.8 Å². The summed E-state index contributed by atoms with van der Waals surface area (Å²) < 4.78 is 12.8. The molecule has 1 amide bonds. The molecular weight excluding hydrogens is 470 g/mol. The second-order valence-corrected chi connectivity index (χ2v) is 10.7. The van der Waals surface area contributed by atoms with E-state index in [1.807, 2.05) is 30.3 Å². The Bertz CT molecular complexity index is 1300. The number of aliphatic hydroxyl groups is 1. The lowest BCUT2D eigenvalue weighted by Gasteiger charge is -2.23. The average molecular weight is 504 g/mol. The molecule has 2 aromatic heterocycles. The van der Waals surface area contributed by atoms with Crippen molar-refractivity contribution >= 4 is 6.09 Å². The minimum Gasteiger partial charge on any atom is -0.444 e. The number of fused-ring (bicyclic) bond motifs is 1. The molecule has 3 heterocycles. The minimum atomic E-state index is -0.800. The van der Waals surface area contributed by atoms with Crippen LogP contribution in [0.1, 0.15) is 56.9 Å². The van der Waals surface area contributed by atoms with E-state index in [1.54, 1.807) is 44.7 Å². The summed E-state index contributed by atoms with van der Waals surface area (Å²) in [5.74, 6) is 9.75. The molecule has 3 aromatic rings. The van der Waals surface area contributed by atoms with Gasteiger partial charge >= 0.3 is 6.09 Å². The van der Waals surface area contributed by atoms with Gasteiger partial charge in [0, 0.05) is 42.0 Å². The number of aliphatic hydroxyl groups excluding tert-OH is 1. The number of hydrogen-bond acceptors (Lipinski definition) is 7. The van der Waals surface area contributed by atoms with Crippen molar-refractivity contribution in [1.82, 2.24) is 25.3 Å². The van der Waals surface area contributed by atoms with E-state index in [-0.39, 0.29) is 6.54 Å². The summed E-state index contributed by atoms with van der Waals surface area (Å²) in [6, 6.07) is 9.29. The maximum Gasteiger partial charge on any atom is 0.407 e. The first-order valence-corrected chi connectivity index (χ1v) is 12.7. The smallest absolute Gasteiger partial charge is 0.407 e. The van der Waals surface area contributed by atoms with Crippen LogP contribution in [0.25, 0.3) is 11.3 Å². The monoisotopic (exact) mass is 503 g/mol. The van der Waals surface area contributed by atoms with Gasteiger partial charge in [-0.15, -0.1) is 0 Å². The molecule has 9 heteroatoms. The van der Waals surface area contributed by atoms with E-state index in [2.05, 4.69) is 32.6 Å². The predicted octanol–water partition coefficient (Wildman–Crippen LogP) is 3.52. The van der Waals surface area contributed by atoms with Gasteiger partial charge in [0.15, 0.2) is 5.76 Å². The fourth-order valence-corrected chi connectivity index (χ4v) is 4.85. The number of alkyl carbamates (subject to hydrolysis) is 1. The zero-order valence-corrected chi connectivity index (χ0v) is 21.6. The number of carbonyl (C=O) groups is 1. The van der Waals surface area contributed by atoms with Crippen molar-refractivity contribution in [2.24, 2.45) is 17.8 Å². The molecule has 9 nitrogen and oxygen atoms in total. The average Bonchev–Trinajstić information content (AvgIpc) is 3.37. The number of ether oxygens (including phenoxy) is 1. The van der Waals surface area contributed by atoms with Gasteiger partial charge in [-0.1, -0.05) is 17.0 Å². The van der Waals surface area contributed by atoms with E-state index in [9.17, 15) is 9.90 Å². The van der Waals surface area contributed by atoms with E-state index in [0.29, 0.717) is 23.2 Å². The molecule has 37 heavy (non-hydrogen) atoms. The molecule has 2 aliphatic rings. The lowest BCUT2D eigenvalue weighted by atomic mass is 10.1. The largest absolute Gasteiger partial charge is 0.444 e. The van der Waals surface area contributed by atoms with Crippen LogP contribution in [-0.4, -0.2) is 51.1 Å². The fourth-order valence-electron chi connectivity index (χ4n) is 4.85. The quantitative estimate of drug-likeness (QED) is 0.441. The predicted molar refractivity (Wildman–Crippen MR) is 137 cm³/mol. The Kier molecular flexibility index (Phi) is 6.80. The van der Waals surface area contributed by atoms with Crippen LogP contribution < -0.4 is 10.6 Å². The zero-order valence-electron chi connectivity index (χ0n) is 21.6. The van der Waals surface area contributed by atoms with E-state index in [1.165, 1.54) is 0 Å². The van der Waals surface area contributed by atoms with Crippen molar-refractivity contribution < 1.29 is 19.2 Å². The summed E-state index contributed by atoms with van der Waals surface area (Å²) >= 11 is 0. The van der Waals surface area contributed by atoms with Crippen molar-refractivity contribution in [2.75, 3.05) is 19.6 Å². The molecule has 0 bridgehead atoms. The molecule has 0 spiro atoms. The van der Waals surface area contributed by atoms with Crippen LogP contribution in [0, 0.1) is 29.6 Å². The maximum absolute atomic E-state index is 12.3. The number of hydrogen-bond donors (Lipinski definition) is 3. The van der Waals surface area contributed by atoms with Gasteiger partial charge < -0.3 is 29.6 Å². The molecule has 1 unspecified atom stereocenters. The number of rotatable bonds is 6. The van der Waals surface area contributed by atoms with Gasteiger partial charge in [0.25, 0.3) is 0 Å². The molecule has 1 aliphatic carbocycles. The van der Waals surface area contributed by atoms with Gasteiger partial charge in [-0.25, -0.2) is 9.78 Å². The molecule has 1 aromatic carbocycles. The van der Waals surface area contributed by atoms with Crippen molar-refractivity contribution in [1.29, 1.82) is 0 Å². The zero-order chi connectivity index (χ0) is 26.2. The van der Waals surface area contributed by atoms with Crippen LogP contribution >= 0.6 is 0 Å². The van der Waals surface area contributed by atoms with Crippen molar-refractivity contribution in [3.63, 3.8) is 0 Å². The number of piperidine rings is 1. The minimum absolute atomic E-state index is 0.171. The molecule has 1 aliphatic heterocycles. The molecular formula is C28H33N5O4. The number of nitrogens with one attached hydrogen (secondary N) is 2. The highest BCUT2D eigenvalue weighted by Gasteiger charge is 2.51. The first-order valence-electron chi connectivity index (χ1n) is 12.7. The van der Waals surface area contributed by atoms with Crippen molar-refractivity contribution in [3.05, 3.63) is 59.8 Å². The van der Waals surface area contributed by atoms with Gasteiger partial charge in [0.1, 0.15) is 23.2 Å². The Morgan fingerprint density at radius 2 is 2.03 bits per heavy atom. The maximum atomic E-state index is 12.3. The van der Waals surface area contributed by atoms with Crippen LogP contribution in [0.15, 0.2) is 47.2 Å². The third-order valence-electron chi connectivity index (χ3n) is 6.76. The molecule has 1 saturated carbocycles. The van der Waals surface area contributed by atoms with Gasteiger partial charge in [-0.05, 0) is 76.9 Å². The lowest BCUT2D eigenvalue weighted by Crippen LogP contribution is -2.36.